The smallest absolute Gasteiger partial charge is 0.161 e. The van der Waals surface area contributed by atoms with Gasteiger partial charge in [0.05, 0.1) is 4.88 Å². The molecule has 5 aromatic rings. The molecule has 0 spiro atoms. The highest BCUT2D eigenvalue weighted by atomic mass is 32.1. The number of hydrogen-bond donors (Lipinski definition) is 1. The molecule has 4 heterocycles. The lowest BCUT2D eigenvalue weighted by atomic mass is 10.0. The Morgan fingerprint density at radius 1 is 0.933 bits per heavy atom. The van der Waals surface area contributed by atoms with E-state index in [1.807, 2.05) is 6.20 Å². The second kappa shape index (κ2) is 7.35. The number of benzene rings is 2. The lowest BCUT2D eigenvalue weighted by molar-refractivity contribution is 0.376. The second-order valence-electron chi connectivity index (χ2n) is 7.86. The minimum absolute atomic E-state index is 0.424. The van der Waals surface area contributed by atoms with E-state index in [1.165, 1.54) is 21.2 Å². The van der Waals surface area contributed by atoms with E-state index in [2.05, 4.69) is 75.9 Å². The van der Waals surface area contributed by atoms with Crippen molar-refractivity contribution < 1.29 is 0 Å². The maximum absolute atomic E-state index is 5.18. The highest BCUT2D eigenvalue weighted by molar-refractivity contribution is 7.13. The van der Waals surface area contributed by atoms with E-state index in [0.717, 1.165) is 48.5 Å². The van der Waals surface area contributed by atoms with Crippen LogP contribution < -0.4 is 5.32 Å². The first-order valence-corrected chi connectivity index (χ1v) is 11.4. The molecule has 0 saturated carbocycles. The number of rotatable bonds is 3. The zero-order chi connectivity index (χ0) is 19.9. The average Bonchev–Trinajstić information content (AvgIpc) is 3.47. The zero-order valence-corrected chi connectivity index (χ0v) is 17.4. The van der Waals surface area contributed by atoms with Gasteiger partial charge in [-0.3, -0.25) is 0 Å². The number of nitrogens with one attached hydrogen (secondary N) is 1. The van der Waals surface area contributed by atoms with Gasteiger partial charge in [0.15, 0.2) is 11.5 Å². The fourth-order valence-corrected chi connectivity index (χ4v) is 5.28. The third kappa shape index (κ3) is 2.93. The third-order valence-corrected chi connectivity index (χ3v) is 6.92. The van der Waals surface area contributed by atoms with Crippen molar-refractivity contribution in [3.05, 3.63) is 72.2 Å². The number of nitrogens with zero attached hydrogens (tertiary/aromatic N) is 3. The molecule has 0 radical (unpaired) electrons. The Balaban J connectivity index is 1.59. The molecule has 3 aromatic heterocycles. The molecule has 0 amide bonds. The summed E-state index contributed by atoms with van der Waals surface area (Å²) in [5, 5.41) is 8.11. The SMILES string of the molecule is c1csc(-c2nc3c(-c4ccc5ccccc5c4)ccnc3n2C2CCNCC2)c1. The van der Waals surface area contributed by atoms with Crippen LogP contribution in [0.2, 0.25) is 0 Å². The van der Waals surface area contributed by atoms with Crippen LogP contribution in [0.4, 0.5) is 0 Å². The van der Waals surface area contributed by atoms with Crippen LogP contribution >= 0.6 is 11.3 Å². The van der Waals surface area contributed by atoms with Crippen LogP contribution in [0, 0.1) is 0 Å². The molecule has 0 bridgehead atoms. The minimum atomic E-state index is 0.424. The molecule has 6 rings (SSSR count). The summed E-state index contributed by atoms with van der Waals surface area (Å²) in [6.07, 6.45) is 4.14. The average molecular weight is 411 g/mol. The minimum Gasteiger partial charge on any atom is -0.317 e. The molecule has 1 aliphatic rings. The Morgan fingerprint density at radius 2 is 1.80 bits per heavy atom. The quantitative estimate of drug-likeness (QED) is 0.402. The lowest BCUT2D eigenvalue weighted by Crippen LogP contribution is -2.29. The number of imidazole rings is 1. The number of piperidine rings is 1. The number of thiophene rings is 1. The molecule has 1 fully saturated rings. The highest BCUT2D eigenvalue weighted by Gasteiger charge is 2.24. The monoisotopic (exact) mass is 410 g/mol. The van der Waals surface area contributed by atoms with Gasteiger partial charge >= 0.3 is 0 Å². The Hall–Kier alpha value is -3.02. The summed E-state index contributed by atoms with van der Waals surface area (Å²) < 4.78 is 2.40. The van der Waals surface area contributed by atoms with Gasteiger partial charge in [-0.1, -0.05) is 42.5 Å². The summed E-state index contributed by atoms with van der Waals surface area (Å²) in [6, 6.07) is 21.9. The largest absolute Gasteiger partial charge is 0.317 e. The third-order valence-electron chi connectivity index (χ3n) is 6.05. The molecule has 0 unspecified atom stereocenters. The van der Waals surface area contributed by atoms with Gasteiger partial charge in [0.2, 0.25) is 0 Å². The van der Waals surface area contributed by atoms with E-state index in [0.29, 0.717) is 6.04 Å². The van der Waals surface area contributed by atoms with E-state index in [1.54, 1.807) is 11.3 Å². The molecule has 0 atom stereocenters. The van der Waals surface area contributed by atoms with Gasteiger partial charge in [-0.2, -0.15) is 0 Å². The van der Waals surface area contributed by atoms with Crippen molar-refractivity contribution in [2.24, 2.45) is 0 Å². The summed E-state index contributed by atoms with van der Waals surface area (Å²) in [4.78, 5) is 11.2. The molecular weight excluding hydrogens is 388 g/mol. The molecule has 0 aliphatic carbocycles. The van der Waals surface area contributed by atoms with Gasteiger partial charge in [-0.05, 0) is 65.8 Å². The molecular formula is C25H22N4S. The number of fused-ring (bicyclic) bond motifs is 2. The van der Waals surface area contributed by atoms with E-state index in [4.69, 9.17) is 9.97 Å². The molecule has 4 nitrogen and oxygen atoms in total. The molecule has 5 heteroatoms. The maximum Gasteiger partial charge on any atom is 0.161 e. The first kappa shape index (κ1) is 17.8. The van der Waals surface area contributed by atoms with E-state index in [9.17, 15) is 0 Å². The van der Waals surface area contributed by atoms with Crippen LogP contribution in [0.5, 0.6) is 0 Å². The van der Waals surface area contributed by atoms with Gasteiger partial charge in [-0.25, -0.2) is 9.97 Å². The van der Waals surface area contributed by atoms with Crippen LogP contribution in [-0.2, 0) is 0 Å². The van der Waals surface area contributed by atoms with Crippen LogP contribution in [0.1, 0.15) is 18.9 Å². The predicted octanol–water partition coefficient (Wildman–Crippen LogP) is 5.90. The van der Waals surface area contributed by atoms with Gasteiger partial charge in [0.1, 0.15) is 5.52 Å². The fraction of sp³-hybridized carbons (Fsp3) is 0.200. The molecule has 30 heavy (non-hydrogen) atoms. The van der Waals surface area contributed by atoms with Crippen molar-refractivity contribution in [3.63, 3.8) is 0 Å². The van der Waals surface area contributed by atoms with Crippen LogP contribution in [0.3, 0.4) is 0 Å². The number of pyridine rings is 1. The summed E-state index contributed by atoms with van der Waals surface area (Å²) in [7, 11) is 0. The van der Waals surface area contributed by atoms with Crippen LogP contribution in [0.15, 0.2) is 72.2 Å². The summed E-state index contributed by atoms with van der Waals surface area (Å²) in [5.41, 5.74) is 4.33. The standard InChI is InChI=1S/C25H22N4S/c1-2-5-18-16-19(8-7-17(18)4-1)21-11-14-27-25-23(21)28-24(22-6-3-15-30-22)29(25)20-9-12-26-13-10-20/h1-8,11,14-16,20,26H,9-10,12-13H2. The summed E-state index contributed by atoms with van der Waals surface area (Å²) in [6.45, 7) is 2.08. The van der Waals surface area contributed by atoms with E-state index in [-0.39, 0.29) is 0 Å². The summed E-state index contributed by atoms with van der Waals surface area (Å²) >= 11 is 1.75. The van der Waals surface area contributed by atoms with E-state index < -0.39 is 0 Å². The van der Waals surface area contributed by atoms with Crippen LogP contribution in [0.25, 0.3) is 43.8 Å². The van der Waals surface area contributed by atoms with Crippen molar-refractivity contribution >= 4 is 33.3 Å². The molecule has 1 aliphatic heterocycles. The fourth-order valence-electron chi connectivity index (χ4n) is 4.57. The Morgan fingerprint density at radius 3 is 2.63 bits per heavy atom. The number of aromatic nitrogens is 3. The summed E-state index contributed by atoms with van der Waals surface area (Å²) in [5.74, 6) is 1.05. The Labute approximate surface area is 179 Å². The second-order valence-corrected chi connectivity index (χ2v) is 8.80. The van der Waals surface area contributed by atoms with Crippen molar-refractivity contribution in [1.29, 1.82) is 0 Å². The molecule has 2 aromatic carbocycles. The van der Waals surface area contributed by atoms with Gasteiger partial charge < -0.3 is 9.88 Å². The van der Waals surface area contributed by atoms with Gasteiger partial charge in [0, 0.05) is 17.8 Å². The Bertz CT molecular complexity index is 1330. The first-order valence-electron chi connectivity index (χ1n) is 10.5. The van der Waals surface area contributed by atoms with Gasteiger partial charge in [0.25, 0.3) is 0 Å². The highest BCUT2D eigenvalue weighted by Crippen LogP contribution is 2.37. The first-order chi connectivity index (χ1) is 14.9. The van der Waals surface area contributed by atoms with E-state index >= 15 is 0 Å². The lowest BCUT2D eigenvalue weighted by Gasteiger charge is -2.25. The van der Waals surface area contributed by atoms with Crippen molar-refractivity contribution in [3.8, 4) is 21.8 Å². The van der Waals surface area contributed by atoms with Gasteiger partial charge in [-0.15, -0.1) is 11.3 Å². The molecule has 1 saturated heterocycles. The van der Waals surface area contributed by atoms with Crippen molar-refractivity contribution in [2.75, 3.05) is 13.1 Å². The van der Waals surface area contributed by atoms with Crippen LogP contribution in [-0.4, -0.2) is 27.6 Å². The van der Waals surface area contributed by atoms with Crippen molar-refractivity contribution in [2.45, 2.75) is 18.9 Å². The maximum atomic E-state index is 5.18. The topological polar surface area (TPSA) is 42.7 Å². The normalized spacial score (nSPS) is 15.2. The van der Waals surface area contributed by atoms with Crippen molar-refractivity contribution in [1.82, 2.24) is 19.9 Å². The zero-order valence-electron chi connectivity index (χ0n) is 16.6. The predicted molar refractivity (Wildman–Crippen MR) is 125 cm³/mol. The molecule has 1 N–H and O–H groups in total. The molecule has 148 valence electrons. The Kier molecular flexibility index (Phi) is 4.36. The number of hydrogen-bond acceptors (Lipinski definition) is 4.